The molecule has 6 nitrogen and oxygen atoms in total. The molecule has 0 aromatic heterocycles. The molecule has 0 radical (unpaired) electrons. The lowest BCUT2D eigenvalue weighted by Crippen LogP contribution is -2.61. The molecule has 0 spiro atoms. The van der Waals surface area contributed by atoms with E-state index in [4.69, 9.17) is 28.4 Å². The third-order valence-electron chi connectivity index (χ3n) is 6.82. The molecule has 0 amide bonds. The number of benzene rings is 1. The highest BCUT2D eigenvalue weighted by Crippen LogP contribution is 2.40. The van der Waals surface area contributed by atoms with E-state index in [2.05, 4.69) is 27.7 Å². The molecule has 4 rings (SSSR count). The molecule has 3 saturated heterocycles. The average Bonchev–Trinajstić information content (AvgIpc) is 2.74. The minimum Gasteiger partial charge on any atom is -0.355 e. The Morgan fingerprint density at radius 2 is 1.69 bits per heavy atom. The third-order valence-corrected chi connectivity index (χ3v) is 6.82. The first-order valence-electron chi connectivity index (χ1n) is 10.8. The molecule has 0 aliphatic carbocycles. The minimum absolute atomic E-state index is 0.00401. The standard InChI is InChI=1S/C23H34O6/c1-13-11-19(26-16(4)14(13)2)28-20-15(3)22(24-5)27-18-12-25-23(29-21(18)20)17-9-7-6-8-10-17/h6-10,13-16,18-23H,11-12H2,1-5H3/t13?,14-,15+,16?,18?,19-,20?,21-,22+,23?/m1/s1. The number of rotatable bonds is 4. The number of ether oxygens (including phenoxy) is 6. The Bertz CT molecular complexity index is 642. The average molecular weight is 407 g/mol. The first-order chi connectivity index (χ1) is 14.0. The lowest BCUT2D eigenvalue weighted by Gasteiger charge is -2.49. The molecule has 3 heterocycles. The van der Waals surface area contributed by atoms with Crippen molar-refractivity contribution in [3.05, 3.63) is 35.9 Å². The van der Waals surface area contributed by atoms with Crippen LogP contribution in [0.15, 0.2) is 30.3 Å². The van der Waals surface area contributed by atoms with E-state index >= 15 is 0 Å². The quantitative estimate of drug-likeness (QED) is 0.756. The topological polar surface area (TPSA) is 55.4 Å². The Labute approximate surface area is 173 Å². The summed E-state index contributed by atoms with van der Waals surface area (Å²) in [7, 11) is 1.67. The van der Waals surface area contributed by atoms with Crippen molar-refractivity contribution in [3.8, 4) is 0 Å². The Hall–Kier alpha value is -1.02. The fourth-order valence-electron chi connectivity index (χ4n) is 4.62. The molecule has 29 heavy (non-hydrogen) atoms. The van der Waals surface area contributed by atoms with E-state index in [1.54, 1.807) is 7.11 Å². The molecule has 6 heteroatoms. The van der Waals surface area contributed by atoms with Crippen LogP contribution < -0.4 is 0 Å². The van der Waals surface area contributed by atoms with Crippen molar-refractivity contribution < 1.29 is 28.4 Å². The van der Waals surface area contributed by atoms with Crippen LogP contribution in [0.1, 0.15) is 46.0 Å². The largest absolute Gasteiger partial charge is 0.355 e. The first kappa shape index (κ1) is 21.2. The van der Waals surface area contributed by atoms with Crippen molar-refractivity contribution in [1.82, 2.24) is 0 Å². The van der Waals surface area contributed by atoms with E-state index in [0.29, 0.717) is 18.4 Å². The van der Waals surface area contributed by atoms with Gasteiger partial charge >= 0.3 is 0 Å². The van der Waals surface area contributed by atoms with Crippen LogP contribution in [0.3, 0.4) is 0 Å². The zero-order valence-corrected chi connectivity index (χ0v) is 18.0. The van der Waals surface area contributed by atoms with Gasteiger partial charge in [-0.3, -0.25) is 0 Å². The molecule has 1 aromatic rings. The van der Waals surface area contributed by atoms with Crippen LogP contribution in [0.5, 0.6) is 0 Å². The van der Waals surface area contributed by atoms with Crippen LogP contribution in [-0.4, -0.2) is 50.7 Å². The van der Waals surface area contributed by atoms with Crippen LogP contribution in [0.4, 0.5) is 0 Å². The molecule has 1 aromatic carbocycles. The highest BCUT2D eigenvalue weighted by Gasteiger charge is 2.50. The van der Waals surface area contributed by atoms with Gasteiger partial charge in [-0.15, -0.1) is 0 Å². The van der Waals surface area contributed by atoms with Crippen molar-refractivity contribution in [2.75, 3.05) is 13.7 Å². The molecule has 5 unspecified atom stereocenters. The maximum atomic E-state index is 6.56. The van der Waals surface area contributed by atoms with Gasteiger partial charge in [0, 0.05) is 25.0 Å². The predicted molar refractivity (Wildman–Crippen MR) is 107 cm³/mol. The number of hydrogen-bond acceptors (Lipinski definition) is 6. The minimum atomic E-state index is -0.427. The van der Waals surface area contributed by atoms with Crippen LogP contribution in [0, 0.1) is 17.8 Å². The molecular formula is C23H34O6. The second-order valence-corrected chi connectivity index (χ2v) is 8.76. The first-order valence-corrected chi connectivity index (χ1v) is 10.8. The predicted octanol–water partition coefficient (Wildman–Crippen LogP) is 3.90. The van der Waals surface area contributed by atoms with Gasteiger partial charge in [-0.05, 0) is 18.8 Å². The summed E-state index contributed by atoms with van der Waals surface area (Å²) in [5.41, 5.74) is 0.996. The van der Waals surface area contributed by atoms with E-state index in [1.165, 1.54) is 0 Å². The van der Waals surface area contributed by atoms with Crippen molar-refractivity contribution >= 4 is 0 Å². The van der Waals surface area contributed by atoms with E-state index in [-0.39, 0.29) is 42.9 Å². The van der Waals surface area contributed by atoms with Crippen molar-refractivity contribution in [2.45, 2.75) is 77.4 Å². The Morgan fingerprint density at radius 1 is 0.931 bits per heavy atom. The Morgan fingerprint density at radius 3 is 2.38 bits per heavy atom. The number of fused-ring (bicyclic) bond motifs is 1. The van der Waals surface area contributed by atoms with Crippen molar-refractivity contribution in [3.63, 3.8) is 0 Å². The second kappa shape index (κ2) is 9.00. The molecule has 3 aliphatic rings. The van der Waals surface area contributed by atoms with E-state index < -0.39 is 6.29 Å². The SMILES string of the molecule is CO[C@H]1OC2COC(c3ccccc3)O[C@H]2C(O[C@@H]2CC(C)[C@@H](C)C(C)O2)[C@@H]1C. The van der Waals surface area contributed by atoms with Gasteiger partial charge in [0.15, 0.2) is 18.9 Å². The summed E-state index contributed by atoms with van der Waals surface area (Å²) in [4.78, 5) is 0. The van der Waals surface area contributed by atoms with Crippen LogP contribution in [0.2, 0.25) is 0 Å². The fraction of sp³-hybridized carbons (Fsp3) is 0.739. The van der Waals surface area contributed by atoms with Crippen LogP contribution >= 0.6 is 0 Å². The molecule has 162 valence electrons. The summed E-state index contributed by atoms with van der Waals surface area (Å²) < 4.78 is 36.8. The summed E-state index contributed by atoms with van der Waals surface area (Å²) in [5, 5.41) is 0. The van der Waals surface area contributed by atoms with E-state index in [1.807, 2.05) is 30.3 Å². The van der Waals surface area contributed by atoms with Gasteiger partial charge in [-0.25, -0.2) is 0 Å². The Kier molecular flexibility index (Phi) is 6.59. The molecule has 3 fully saturated rings. The summed E-state index contributed by atoms with van der Waals surface area (Å²) in [6, 6.07) is 9.99. The normalized spacial score (nSPS) is 45.6. The lowest BCUT2D eigenvalue weighted by atomic mass is 9.86. The highest BCUT2D eigenvalue weighted by molar-refractivity contribution is 5.16. The highest BCUT2D eigenvalue weighted by atomic mass is 16.8. The zero-order chi connectivity index (χ0) is 20.5. The van der Waals surface area contributed by atoms with Gasteiger partial charge in [0.25, 0.3) is 0 Å². The maximum Gasteiger partial charge on any atom is 0.184 e. The van der Waals surface area contributed by atoms with Crippen molar-refractivity contribution in [1.29, 1.82) is 0 Å². The summed E-state index contributed by atoms with van der Waals surface area (Å²) in [6.45, 7) is 9.16. The molecule has 0 N–H and O–H groups in total. The lowest BCUT2D eigenvalue weighted by molar-refractivity contribution is -0.370. The molecule has 0 saturated carbocycles. The molecule has 10 atom stereocenters. The van der Waals surface area contributed by atoms with Gasteiger partial charge in [-0.2, -0.15) is 0 Å². The molecular weight excluding hydrogens is 372 g/mol. The van der Waals surface area contributed by atoms with E-state index in [9.17, 15) is 0 Å². The third kappa shape index (κ3) is 4.38. The summed E-state index contributed by atoms with van der Waals surface area (Å²) in [6.07, 6.45) is -0.678. The van der Waals surface area contributed by atoms with Gasteiger partial charge < -0.3 is 28.4 Å². The monoisotopic (exact) mass is 406 g/mol. The molecule has 3 aliphatic heterocycles. The van der Waals surface area contributed by atoms with Gasteiger partial charge in [0.05, 0.1) is 18.8 Å². The van der Waals surface area contributed by atoms with E-state index in [0.717, 1.165) is 12.0 Å². The van der Waals surface area contributed by atoms with Gasteiger partial charge in [-0.1, -0.05) is 51.1 Å². The smallest absolute Gasteiger partial charge is 0.184 e. The fourth-order valence-corrected chi connectivity index (χ4v) is 4.62. The van der Waals surface area contributed by atoms with Crippen molar-refractivity contribution in [2.24, 2.45) is 17.8 Å². The second-order valence-electron chi connectivity index (χ2n) is 8.76. The number of hydrogen-bond donors (Lipinski definition) is 0. The van der Waals surface area contributed by atoms with Crippen LogP contribution in [0.25, 0.3) is 0 Å². The zero-order valence-electron chi connectivity index (χ0n) is 18.0. The maximum absolute atomic E-state index is 6.56. The Balaban J connectivity index is 1.52. The molecule has 0 bridgehead atoms. The van der Waals surface area contributed by atoms with Gasteiger partial charge in [0.2, 0.25) is 0 Å². The summed E-state index contributed by atoms with van der Waals surface area (Å²) >= 11 is 0. The van der Waals surface area contributed by atoms with Gasteiger partial charge in [0.1, 0.15) is 12.2 Å². The van der Waals surface area contributed by atoms with Crippen LogP contribution in [-0.2, 0) is 28.4 Å². The summed E-state index contributed by atoms with van der Waals surface area (Å²) in [5.74, 6) is 1.06. The number of methoxy groups -OCH3 is 1.